The second kappa shape index (κ2) is 7.15. The molecule has 1 fully saturated rings. The van der Waals surface area contributed by atoms with E-state index in [1.165, 1.54) is 0 Å². The van der Waals surface area contributed by atoms with E-state index in [9.17, 15) is 4.79 Å². The zero-order chi connectivity index (χ0) is 16.1. The molecule has 0 aliphatic heterocycles. The summed E-state index contributed by atoms with van der Waals surface area (Å²) in [6.45, 7) is 9.68. The number of nitriles is 1. The Balaban J connectivity index is 2.33. The number of amides is 1. The van der Waals surface area contributed by atoms with E-state index < -0.39 is 5.60 Å². The predicted octanol–water partition coefficient (Wildman–Crippen LogP) is 4.40. The van der Waals surface area contributed by atoms with Crippen LogP contribution in [0.5, 0.6) is 0 Å². The first kappa shape index (κ1) is 17.8. The number of rotatable bonds is 4. The molecule has 1 aliphatic rings. The van der Waals surface area contributed by atoms with E-state index in [1.54, 1.807) is 0 Å². The van der Waals surface area contributed by atoms with Crippen LogP contribution in [0.25, 0.3) is 0 Å². The number of nitrogens with zero attached hydrogens (tertiary/aromatic N) is 1. The van der Waals surface area contributed by atoms with Crippen LogP contribution in [0, 0.1) is 23.2 Å². The van der Waals surface area contributed by atoms with Crippen molar-refractivity contribution in [2.75, 3.05) is 0 Å². The van der Waals surface area contributed by atoms with Crippen molar-refractivity contribution >= 4 is 6.09 Å². The highest BCUT2D eigenvalue weighted by molar-refractivity contribution is 5.68. The predicted molar refractivity (Wildman–Crippen MR) is 83.7 cm³/mol. The molecule has 1 N–H and O–H groups in total. The number of alkyl carbamates (subject to hydrolysis) is 1. The third-order valence-corrected chi connectivity index (χ3v) is 4.05. The Hall–Kier alpha value is -1.24. The average molecular weight is 294 g/mol. The second-order valence-corrected chi connectivity index (χ2v) is 7.90. The molecule has 0 unspecified atom stereocenters. The summed E-state index contributed by atoms with van der Waals surface area (Å²) in [4.78, 5) is 11.8. The topological polar surface area (TPSA) is 62.1 Å². The zero-order valence-electron chi connectivity index (χ0n) is 14.2. The molecule has 0 bridgehead atoms. The van der Waals surface area contributed by atoms with E-state index in [4.69, 9.17) is 10.00 Å². The van der Waals surface area contributed by atoms with Crippen molar-refractivity contribution < 1.29 is 9.53 Å². The Morgan fingerprint density at radius 1 is 1.19 bits per heavy atom. The monoisotopic (exact) mass is 294 g/mol. The van der Waals surface area contributed by atoms with E-state index in [-0.39, 0.29) is 17.6 Å². The van der Waals surface area contributed by atoms with Gasteiger partial charge in [0.2, 0.25) is 0 Å². The molecule has 21 heavy (non-hydrogen) atoms. The number of hydrogen-bond acceptors (Lipinski definition) is 3. The Bertz CT molecular complexity index is 383. The van der Waals surface area contributed by atoms with Crippen molar-refractivity contribution in [3.05, 3.63) is 0 Å². The van der Waals surface area contributed by atoms with Crippen LogP contribution >= 0.6 is 0 Å². The van der Waals surface area contributed by atoms with Gasteiger partial charge in [0.1, 0.15) is 5.60 Å². The highest BCUT2D eigenvalue weighted by atomic mass is 16.6. The highest BCUT2D eigenvalue weighted by Crippen LogP contribution is 2.32. The van der Waals surface area contributed by atoms with E-state index in [1.807, 2.05) is 34.6 Å². The molecule has 1 rings (SSSR count). The van der Waals surface area contributed by atoms with Crippen LogP contribution in [0.15, 0.2) is 0 Å². The van der Waals surface area contributed by atoms with Crippen molar-refractivity contribution in [2.24, 2.45) is 11.8 Å². The van der Waals surface area contributed by atoms with E-state index in [0.717, 1.165) is 38.5 Å². The maximum absolute atomic E-state index is 11.8. The van der Waals surface area contributed by atoms with Gasteiger partial charge in [-0.25, -0.2) is 4.79 Å². The molecule has 120 valence electrons. The first-order valence-electron chi connectivity index (χ1n) is 8.02. The SMILES string of the molecule is CC(C)(CCC1CCC(C#N)CC1)NC(=O)OC(C)(C)C. The van der Waals surface area contributed by atoms with Crippen LogP contribution in [0.4, 0.5) is 4.79 Å². The summed E-state index contributed by atoms with van der Waals surface area (Å²) in [5.74, 6) is 0.948. The minimum atomic E-state index is -0.462. The van der Waals surface area contributed by atoms with Gasteiger partial charge >= 0.3 is 6.09 Å². The lowest BCUT2D eigenvalue weighted by Gasteiger charge is -2.31. The number of carbonyl (C=O) groups is 1. The molecule has 0 aromatic carbocycles. The fourth-order valence-corrected chi connectivity index (χ4v) is 2.79. The van der Waals surface area contributed by atoms with Gasteiger partial charge < -0.3 is 10.1 Å². The summed E-state index contributed by atoms with van der Waals surface area (Å²) in [6.07, 6.45) is 6.03. The zero-order valence-corrected chi connectivity index (χ0v) is 14.2. The molecule has 1 saturated carbocycles. The van der Waals surface area contributed by atoms with Crippen LogP contribution in [0.3, 0.4) is 0 Å². The van der Waals surface area contributed by atoms with Gasteiger partial charge in [-0.1, -0.05) is 0 Å². The van der Waals surface area contributed by atoms with Gasteiger partial charge in [-0.05, 0) is 79.1 Å². The molecule has 1 amide bonds. The van der Waals surface area contributed by atoms with Gasteiger partial charge in [0.05, 0.1) is 6.07 Å². The molecule has 0 saturated heterocycles. The van der Waals surface area contributed by atoms with E-state index in [2.05, 4.69) is 11.4 Å². The lowest BCUT2D eigenvalue weighted by molar-refractivity contribution is 0.0463. The van der Waals surface area contributed by atoms with Gasteiger partial charge in [0.15, 0.2) is 0 Å². The lowest BCUT2D eigenvalue weighted by Crippen LogP contribution is -2.46. The lowest BCUT2D eigenvalue weighted by atomic mass is 9.79. The minimum Gasteiger partial charge on any atom is -0.444 e. The van der Waals surface area contributed by atoms with Crippen molar-refractivity contribution in [3.63, 3.8) is 0 Å². The Labute approximate surface area is 129 Å². The van der Waals surface area contributed by atoms with Crippen molar-refractivity contribution in [2.45, 2.75) is 84.3 Å². The molecule has 4 nitrogen and oxygen atoms in total. The maximum Gasteiger partial charge on any atom is 0.408 e. The van der Waals surface area contributed by atoms with Gasteiger partial charge in [-0.2, -0.15) is 5.26 Å². The molecule has 0 radical (unpaired) electrons. The Morgan fingerprint density at radius 3 is 2.24 bits per heavy atom. The smallest absolute Gasteiger partial charge is 0.408 e. The fraction of sp³-hybridized carbons (Fsp3) is 0.882. The summed E-state index contributed by atoms with van der Waals surface area (Å²) in [6, 6.07) is 2.37. The van der Waals surface area contributed by atoms with Gasteiger partial charge in [-0.15, -0.1) is 0 Å². The summed E-state index contributed by atoms with van der Waals surface area (Å²) in [5.41, 5.74) is -0.718. The molecule has 0 aromatic heterocycles. The molecule has 0 atom stereocenters. The van der Waals surface area contributed by atoms with E-state index >= 15 is 0 Å². The third kappa shape index (κ3) is 7.36. The molecule has 0 aromatic rings. The summed E-state index contributed by atoms with van der Waals surface area (Å²) in [5, 5.41) is 11.9. The number of carbonyl (C=O) groups excluding carboxylic acids is 1. The first-order chi connectivity index (χ1) is 9.61. The van der Waals surface area contributed by atoms with Gasteiger partial charge in [0.25, 0.3) is 0 Å². The highest BCUT2D eigenvalue weighted by Gasteiger charge is 2.27. The first-order valence-corrected chi connectivity index (χ1v) is 8.02. The molecular formula is C17H30N2O2. The number of hydrogen-bond donors (Lipinski definition) is 1. The number of ether oxygens (including phenoxy) is 1. The van der Waals surface area contributed by atoms with Crippen LogP contribution in [0.2, 0.25) is 0 Å². The third-order valence-electron chi connectivity index (χ3n) is 4.05. The van der Waals surface area contributed by atoms with Crippen LogP contribution in [-0.4, -0.2) is 17.2 Å². The fourth-order valence-electron chi connectivity index (χ4n) is 2.79. The standard InChI is InChI=1S/C17H30N2O2/c1-16(2,3)21-15(20)19-17(4,5)11-10-13-6-8-14(12-18)9-7-13/h13-14H,6-11H2,1-5H3,(H,19,20). The number of nitrogens with one attached hydrogen (secondary N) is 1. The van der Waals surface area contributed by atoms with Gasteiger partial charge in [0, 0.05) is 11.5 Å². The summed E-state index contributed by atoms with van der Waals surface area (Å²) in [7, 11) is 0. The van der Waals surface area contributed by atoms with Crippen LogP contribution in [0.1, 0.15) is 73.1 Å². The molecule has 0 heterocycles. The van der Waals surface area contributed by atoms with Gasteiger partial charge in [-0.3, -0.25) is 0 Å². The van der Waals surface area contributed by atoms with Crippen LogP contribution < -0.4 is 5.32 Å². The molecule has 1 aliphatic carbocycles. The molecule has 4 heteroatoms. The second-order valence-electron chi connectivity index (χ2n) is 7.90. The van der Waals surface area contributed by atoms with Crippen molar-refractivity contribution in [3.8, 4) is 6.07 Å². The van der Waals surface area contributed by atoms with Crippen molar-refractivity contribution in [1.82, 2.24) is 5.32 Å². The minimum absolute atomic E-state index is 0.256. The van der Waals surface area contributed by atoms with E-state index in [0.29, 0.717) is 5.92 Å². The quantitative estimate of drug-likeness (QED) is 0.836. The molecular weight excluding hydrogens is 264 g/mol. The maximum atomic E-state index is 11.8. The largest absolute Gasteiger partial charge is 0.444 e. The Kier molecular flexibility index (Phi) is 6.07. The summed E-state index contributed by atoms with van der Waals surface area (Å²) < 4.78 is 5.31. The van der Waals surface area contributed by atoms with Crippen molar-refractivity contribution in [1.29, 1.82) is 5.26 Å². The molecule has 0 spiro atoms. The van der Waals surface area contributed by atoms with Crippen LogP contribution in [-0.2, 0) is 4.74 Å². The average Bonchev–Trinajstić information content (AvgIpc) is 2.34. The normalized spacial score (nSPS) is 23.2. The summed E-state index contributed by atoms with van der Waals surface area (Å²) >= 11 is 0. The Morgan fingerprint density at radius 2 is 1.76 bits per heavy atom.